The minimum absolute atomic E-state index is 0.222. The first-order valence-corrected chi connectivity index (χ1v) is 9.20. The second-order valence-electron chi connectivity index (χ2n) is 6.50. The van der Waals surface area contributed by atoms with Crippen LogP contribution in [0, 0.1) is 0 Å². The van der Waals surface area contributed by atoms with Gasteiger partial charge in [0.2, 0.25) is 5.75 Å². The molecule has 0 radical (unpaired) electrons. The highest BCUT2D eigenvalue weighted by Crippen LogP contribution is 2.39. The molecule has 4 rings (SSSR count). The molecule has 0 spiro atoms. The molecule has 0 atom stereocenters. The third-order valence-corrected chi connectivity index (χ3v) is 4.88. The zero-order valence-corrected chi connectivity index (χ0v) is 17.3. The summed E-state index contributed by atoms with van der Waals surface area (Å²) < 4.78 is 22.0. The number of ether oxygens (including phenoxy) is 4. The Hall–Kier alpha value is -4.21. The summed E-state index contributed by atoms with van der Waals surface area (Å²) in [4.78, 5) is 31.3. The van der Waals surface area contributed by atoms with Gasteiger partial charge in [0.15, 0.2) is 11.5 Å². The predicted octanol–water partition coefficient (Wildman–Crippen LogP) is 2.09. The van der Waals surface area contributed by atoms with Crippen LogP contribution in [0.15, 0.2) is 45.0 Å². The third-order valence-electron chi connectivity index (χ3n) is 4.88. The molecular weight excluding hydrogens is 404 g/mol. The van der Waals surface area contributed by atoms with Crippen LogP contribution >= 0.6 is 0 Å². The average Bonchev–Trinajstić information content (AvgIpc) is 3.15. The zero-order chi connectivity index (χ0) is 22.1. The lowest BCUT2D eigenvalue weighted by Gasteiger charge is -2.13. The molecule has 10 nitrogen and oxygen atoms in total. The fourth-order valence-electron chi connectivity index (χ4n) is 3.40. The maximum atomic E-state index is 13.0. The standard InChI is InChI=1S/C21H20N4O6/c1-28-12-6-7-14-13(9-12)16-17(23-14)20(26)25(21(27)24-16)22-10-11-5-8-15(29-2)19(31-4)18(11)30-3/h5-10,23H,1-4H3,(H,24,27). The molecule has 4 aromatic rings. The molecule has 0 unspecified atom stereocenters. The van der Waals surface area contributed by atoms with E-state index >= 15 is 0 Å². The van der Waals surface area contributed by atoms with Crippen molar-refractivity contribution in [2.24, 2.45) is 5.10 Å². The molecule has 0 amide bonds. The highest BCUT2D eigenvalue weighted by Gasteiger charge is 2.16. The number of hydrogen-bond acceptors (Lipinski definition) is 7. The smallest absolute Gasteiger partial charge is 0.350 e. The molecule has 0 bridgehead atoms. The number of benzene rings is 2. The van der Waals surface area contributed by atoms with Gasteiger partial charge in [0.1, 0.15) is 11.3 Å². The average molecular weight is 424 g/mol. The molecule has 0 aliphatic rings. The minimum atomic E-state index is -0.683. The van der Waals surface area contributed by atoms with E-state index in [1.54, 1.807) is 37.4 Å². The summed E-state index contributed by atoms with van der Waals surface area (Å²) in [6, 6.07) is 8.62. The van der Waals surface area contributed by atoms with Crippen LogP contribution in [0.25, 0.3) is 21.9 Å². The molecule has 10 heteroatoms. The van der Waals surface area contributed by atoms with E-state index in [2.05, 4.69) is 15.1 Å². The molecule has 160 valence electrons. The summed E-state index contributed by atoms with van der Waals surface area (Å²) in [6.45, 7) is 0. The molecule has 0 saturated heterocycles. The van der Waals surface area contributed by atoms with Gasteiger partial charge in [-0.1, -0.05) is 0 Å². The molecule has 0 aliphatic heterocycles. The number of H-pyrrole nitrogens is 2. The summed E-state index contributed by atoms with van der Waals surface area (Å²) in [6.07, 6.45) is 1.34. The van der Waals surface area contributed by atoms with E-state index in [-0.39, 0.29) is 5.52 Å². The van der Waals surface area contributed by atoms with Crippen LogP contribution in [-0.4, -0.2) is 49.3 Å². The van der Waals surface area contributed by atoms with Crippen LogP contribution in [0.1, 0.15) is 5.56 Å². The van der Waals surface area contributed by atoms with Gasteiger partial charge >= 0.3 is 11.2 Å². The summed E-state index contributed by atoms with van der Waals surface area (Å²) >= 11 is 0. The first-order chi connectivity index (χ1) is 15.0. The summed E-state index contributed by atoms with van der Waals surface area (Å²) in [7, 11) is 6.01. The van der Waals surface area contributed by atoms with E-state index in [4.69, 9.17) is 18.9 Å². The van der Waals surface area contributed by atoms with Gasteiger partial charge in [0.05, 0.1) is 40.2 Å². The Labute approximate surface area is 175 Å². The first kappa shape index (κ1) is 20.1. The highest BCUT2D eigenvalue weighted by molar-refractivity contribution is 6.04. The summed E-state index contributed by atoms with van der Waals surface area (Å²) in [5.74, 6) is 1.81. The lowest BCUT2D eigenvalue weighted by Crippen LogP contribution is -2.32. The van der Waals surface area contributed by atoms with E-state index in [1.165, 1.54) is 27.5 Å². The van der Waals surface area contributed by atoms with Crippen molar-refractivity contribution >= 4 is 28.2 Å². The molecule has 2 heterocycles. The van der Waals surface area contributed by atoms with Gasteiger partial charge in [0.25, 0.3) is 0 Å². The van der Waals surface area contributed by atoms with Crippen molar-refractivity contribution in [2.45, 2.75) is 0 Å². The maximum absolute atomic E-state index is 13.0. The lowest BCUT2D eigenvalue weighted by molar-refractivity contribution is 0.324. The highest BCUT2D eigenvalue weighted by atomic mass is 16.5. The monoisotopic (exact) mass is 424 g/mol. The van der Waals surface area contributed by atoms with E-state index in [9.17, 15) is 9.59 Å². The van der Waals surface area contributed by atoms with Gasteiger partial charge in [0, 0.05) is 16.5 Å². The van der Waals surface area contributed by atoms with E-state index < -0.39 is 11.2 Å². The normalized spacial score (nSPS) is 11.4. The van der Waals surface area contributed by atoms with Crippen molar-refractivity contribution in [3.8, 4) is 23.0 Å². The van der Waals surface area contributed by atoms with E-state index in [0.717, 1.165) is 4.68 Å². The van der Waals surface area contributed by atoms with Crippen molar-refractivity contribution in [3.05, 3.63) is 56.7 Å². The van der Waals surface area contributed by atoms with Crippen molar-refractivity contribution in [1.82, 2.24) is 14.6 Å². The van der Waals surface area contributed by atoms with Gasteiger partial charge in [-0.05, 0) is 30.3 Å². The molecule has 0 aliphatic carbocycles. The Morgan fingerprint density at radius 1 is 0.871 bits per heavy atom. The fourth-order valence-corrected chi connectivity index (χ4v) is 3.40. The molecule has 2 aromatic carbocycles. The first-order valence-electron chi connectivity index (χ1n) is 9.20. The lowest BCUT2D eigenvalue weighted by atomic mass is 10.2. The number of aromatic amines is 2. The summed E-state index contributed by atoms with van der Waals surface area (Å²) in [5, 5.41) is 4.75. The topological polar surface area (TPSA) is 120 Å². The zero-order valence-electron chi connectivity index (χ0n) is 17.3. The SMILES string of the molecule is COc1ccc2[nH]c3c(=O)n(N=Cc4ccc(OC)c(OC)c4OC)c(=O)[nH]c3c2c1. The van der Waals surface area contributed by atoms with Crippen molar-refractivity contribution in [1.29, 1.82) is 0 Å². The number of rotatable bonds is 6. The van der Waals surface area contributed by atoms with E-state index in [1.807, 2.05) is 0 Å². The van der Waals surface area contributed by atoms with Gasteiger partial charge in [-0.2, -0.15) is 5.10 Å². The van der Waals surface area contributed by atoms with Crippen LogP contribution in [0.3, 0.4) is 0 Å². The number of nitrogens with one attached hydrogen (secondary N) is 2. The molecule has 2 N–H and O–H groups in total. The van der Waals surface area contributed by atoms with Crippen LogP contribution in [0.2, 0.25) is 0 Å². The van der Waals surface area contributed by atoms with Crippen LogP contribution in [0.4, 0.5) is 0 Å². The second-order valence-corrected chi connectivity index (χ2v) is 6.50. The van der Waals surface area contributed by atoms with Crippen LogP contribution in [0.5, 0.6) is 23.0 Å². The number of hydrogen-bond donors (Lipinski definition) is 2. The van der Waals surface area contributed by atoms with Gasteiger partial charge in [-0.15, -0.1) is 4.68 Å². The Kier molecular flexibility index (Phi) is 5.12. The number of fused-ring (bicyclic) bond motifs is 3. The predicted molar refractivity (Wildman–Crippen MR) is 116 cm³/mol. The van der Waals surface area contributed by atoms with Gasteiger partial charge < -0.3 is 28.9 Å². The Balaban J connectivity index is 1.86. The molecule has 31 heavy (non-hydrogen) atoms. The molecular formula is C21H20N4O6. The Bertz CT molecular complexity index is 1430. The van der Waals surface area contributed by atoms with Crippen LogP contribution in [-0.2, 0) is 0 Å². The second kappa shape index (κ2) is 7.90. The Morgan fingerprint density at radius 2 is 1.65 bits per heavy atom. The largest absolute Gasteiger partial charge is 0.497 e. The van der Waals surface area contributed by atoms with Crippen molar-refractivity contribution in [3.63, 3.8) is 0 Å². The third kappa shape index (κ3) is 3.27. The van der Waals surface area contributed by atoms with Crippen molar-refractivity contribution in [2.75, 3.05) is 28.4 Å². The number of aromatic nitrogens is 3. The van der Waals surface area contributed by atoms with Crippen molar-refractivity contribution < 1.29 is 18.9 Å². The number of nitrogens with zero attached hydrogens (tertiary/aromatic N) is 2. The Morgan fingerprint density at radius 3 is 2.32 bits per heavy atom. The number of methoxy groups -OCH3 is 4. The quantitative estimate of drug-likeness (QED) is 0.458. The molecule has 0 fully saturated rings. The fraction of sp³-hybridized carbons (Fsp3) is 0.190. The minimum Gasteiger partial charge on any atom is -0.497 e. The van der Waals surface area contributed by atoms with E-state index in [0.29, 0.717) is 45.0 Å². The molecule has 2 aromatic heterocycles. The van der Waals surface area contributed by atoms with Gasteiger partial charge in [-0.25, -0.2) is 4.79 Å². The van der Waals surface area contributed by atoms with Crippen LogP contribution < -0.4 is 30.2 Å². The maximum Gasteiger partial charge on any atom is 0.350 e. The summed E-state index contributed by atoms with van der Waals surface area (Å²) in [5.41, 5.74) is 0.514. The molecule has 0 saturated carbocycles. The van der Waals surface area contributed by atoms with Gasteiger partial charge in [-0.3, -0.25) is 4.79 Å².